The van der Waals surface area contributed by atoms with Gasteiger partial charge < -0.3 is 4.90 Å². The van der Waals surface area contributed by atoms with E-state index in [1.54, 1.807) is 21.8 Å². The van der Waals surface area contributed by atoms with Gasteiger partial charge >= 0.3 is 0 Å². The molecule has 0 unspecified atom stereocenters. The molecule has 1 aromatic rings. The number of sulfonamides is 1. The molecule has 8 nitrogen and oxygen atoms in total. The second-order valence-corrected chi connectivity index (χ2v) is 13.7. The molecule has 1 amide bonds. The molecule has 3 aliphatic rings. The van der Waals surface area contributed by atoms with Gasteiger partial charge in [-0.3, -0.25) is 9.69 Å². The predicted octanol–water partition coefficient (Wildman–Crippen LogP) is 0.482. The molecule has 0 bridgehead atoms. The van der Waals surface area contributed by atoms with Crippen molar-refractivity contribution < 1.29 is 21.6 Å². The first-order valence-corrected chi connectivity index (χ1v) is 14.1. The molecule has 0 aliphatic carbocycles. The van der Waals surface area contributed by atoms with E-state index in [0.717, 1.165) is 19.3 Å². The molecule has 0 N–H and O–H groups in total. The first kappa shape index (κ1) is 21.2. The maximum atomic E-state index is 12.7. The fourth-order valence-electron chi connectivity index (χ4n) is 4.49. The van der Waals surface area contributed by atoms with Crippen molar-refractivity contribution in [3.8, 4) is 0 Å². The molecule has 1 aromatic heterocycles. The van der Waals surface area contributed by atoms with Gasteiger partial charge in [-0.2, -0.15) is 4.31 Å². The minimum absolute atomic E-state index is 0.00235. The van der Waals surface area contributed by atoms with E-state index in [9.17, 15) is 21.6 Å². The Bertz CT molecular complexity index is 937. The third-order valence-electron chi connectivity index (χ3n) is 6.46. The first-order valence-electron chi connectivity index (χ1n) is 9.93. The van der Waals surface area contributed by atoms with Gasteiger partial charge in [0, 0.05) is 39.3 Å². The Kier molecular flexibility index (Phi) is 5.80. The average Bonchev–Trinajstić information content (AvgIpc) is 3.35. The summed E-state index contributed by atoms with van der Waals surface area (Å²) in [5.74, 6) is 0.298. The summed E-state index contributed by atoms with van der Waals surface area (Å²) >= 11 is 1.24. The van der Waals surface area contributed by atoms with Gasteiger partial charge in [-0.25, -0.2) is 16.8 Å². The maximum absolute atomic E-state index is 12.7. The van der Waals surface area contributed by atoms with E-state index in [4.69, 9.17) is 0 Å². The summed E-state index contributed by atoms with van der Waals surface area (Å²) in [4.78, 5) is 16.5. The molecule has 0 aromatic carbocycles. The number of hydrogen-bond acceptors (Lipinski definition) is 7. The number of piperidine rings is 1. The van der Waals surface area contributed by atoms with Crippen molar-refractivity contribution in [2.75, 3.05) is 57.3 Å². The molecule has 0 saturated carbocycles. The first-order chi connectivity index (χ1) is 13.7. The van der Waals surface area contributed by atoms with Crippen LogP contribution in [0.25, 0.3) is 0 Å². The SMILES string of the molecule is O=C(CN1CCS(=O)(=O)CC1)N1CCC2(CCN(S(=O)(=O)c3cccs3)CC2)C1. The molecule has 1 spiro atoms. The smallest absolute Gasteiger partial charge is 0.252 e. The van der Waals surface area contributed by atoms with Crippen molar-refractivity contribution in [3.63, 3.8) is 0 Å². The highest BCUT2D eigenvalue weighted by molar-refractivity contribution is 7.91. The van der Waals surface area contributed by atoms with Crippen molar-refractivity contribution >= 4 is 37.1 Å². The van der Waals surface area contributed by atoms with Gasteiger partial charge in [0.25, 0.3) is 10.0 Å². The second-order valence-electron chi connectivity index (χ2n) is 8.33. The standard InChI is InChI=1S/C18H27N3O5S3/c22-16(14-19-9-12-28(23,24)13-10-19)20-6-3-18(15-20)4-7-21(8-5-18)29(25,26)17-2-1-11-27-17/h1-2,11H,3-10,12-15H2. The summed E-state index contributed by atoms with van der Waals surface area (Å²) in [7, 11) is -6.35. The summed E-state index contributed by atoms with van der Waals surface area (Å²) < 4.78 is 50.5. The van der Waals surface area contributed by atoms with E-state index in [0.29, 0.717) is 43.5 Å². The Labute approximate surface area is 176 Å². The maximum Gasteiger partial charge on any atom is 0.252 e. The minimum Gasteiger partial charge on any atom is -0.341 e. The lowest BCUT2D eigenvalue weighted by atomic mass is 9.78. The monoisotopic (exact) mass is 461 g/mol. The molecular weight excluding hydrogens is 434 g/mol. The van der Waals surface area contributed by atoms with Crippen LogP contribution >= 0.6 is 11.3 Å². The van der Waals surface area contributed by atoms with E-state index < -0.39 is 19.9 Å². The third kappa shape index (κ3) is 4.53. The van der Waals surface area contributed by atoms with Gasteiger partial charge in [0.15, 0.2) is 9.84 Å². The Morgan fingerprint density at radius 3 is 2.34 bits per heavy atom. The molecule has 11 heteroatoms. The molecule has 3 saturated heterocycles. The fraction of sp³-hybridized carbons (Fsp3) is 0.722. The summed E-state index contributed by atoms with van der Waals surface area (Å²) in [6, 6.07) is 3.40. The Morgan fingerprint density at radius 1 is 1.07 bits per heavy atom. The predicted molar refractivity (Wildman–Crippen MR) is 111 cm³/mol. The highest BCUT2D eigenvalue weighted by atomic mass is 32.2. The summed E-state index contributed by atoms with van der Waals surface area (Å²) in [5.41, 5.74) is 0.00235. The number of rotatable bonds is 4. The van der Waals surface area contributed by atoms with Gasteiger partial charge in [0.1, 0.15) is 4.21 Å². The molecule has 4 rings (SSSR count). The van der Waals surface area contributed by atoms with Gasteiger partial charge in [-0.15, -0.1) is 11.3 Å². The van der Waals surface area contributed by atoms with Gasteiger partial charge in [-0.1, -0.05) is 6.07 Å². The molecule has 0 radical (unpaired) electrons. The van der Waals surface area contributed by atoms with Crippen molar-refractivity contribution in [2.24, 2.45) is 5.41 Å². The van der Waals surface area contributed by atoms with Crippen molar-refractivity contribution in [3.05, 3.63) is 17.5 Å². The lowest BCUT2D eigenvalue weighted by Crippen LogP contribution is -2.47. The van der Waals surface area contributed by atoms with E-state index in [-0.39, 0.29) is 29.4 Å². The highest BCUT2D eigenvalue weighted by Crippen LogP contribution is 2.41. The highest BCUT2D eigenvalue weighted by Gasteiger charge is 2.44. The van der Waals surface area contributed by atoms with Crippen molar-refractivity contribution in [2.45, 2.75) is 23.5 Å². The normalized spacial score (nSPS) is 25.4. The number of likely N-dealkylation sites (tertiary alicyclic amines) is 1. The zero-order valence-electron chi connectivity index (χ0n) is 16.3. The zero-order chi connectivity index (χ0) is 20.7. The Balaban J connectivity index is 1.30. The number of nitrogens with zero attached hydrogens (tertiary/aromatic N) is 3. The Hall–Kier alpha value is -1.01. The number of carbonyl (C=O) groups is 1. The average molecular weight is 462 g/mol. The van der Waals surface area contributed by atoms with Crippen molar-refractivity contribution in [1.82, 2.24) is 14.1 Å². The van der Waals surface area contributed by atoms with Crippen LogP contribution in [0.15, 0.2) is 21.7 Å². The van der Waals surface area contributed by atoms with Gasteiger partial charge in [0.2, 0.25) is 5.91 Å². The molecule has 162 valence electrons. The minimum atomic E-state index is -3.41. The van der Waals surface area contributed by atoms with Crippen LogP contribution < -0.4 is 0 Å². The van der Waals surface area contributed by atoms with Crippen LogP contribution in [-0.2, 0) is 24.7 Å². The van der Waals surface area contributed by atoms with Gasteiger partial charge in [-0.05, 0) is 36.1 Å². The summed E-state index contributed by atoms with van der Waals surface area (Å²) in [6.07, 6.45) is 2.44. The van der Waals surface area contributed by atoms with Crippen LogP contribution in [0.5, 0.6) is 0 Å². The fourth-order valence-corrected chi connectivity index (χ4v) is 8.36. The zero-order valence-corrected chi connectivity index (χ0v) is 18.8. The van der Waals surface area contributed by atoms with Gasteiger partial charge in [0.05, 0.1) is 18.1 Å². The van der Waals surface area contributed by atoms with Crippen molar-refractivity contribution in [1.29, 1.82) is 0 Å². The van der Waals surface area contributed by atoms with E-state index in [1.165, 1.54) is 11.3 Å². The van der Waals surface area contributed by atoms with Crippen LogP contribution in [-0.4, -0.2) is 94.2 Å². The molecule has 29 heavy (non-hydrogen) atoms. The van der Waals surface area contributed by atoms with E-state index in [2.05, 4.69) is 0 Å². The number of carbonyl (C=O) groups excluding carboxylic acids is 1. The van der Waals surface area contributed by atoms with Crippen LogP contribution in [0.1, 0.15) is 19.3 Å². The summed E-state index contributed by atoms with van der Waals surface area (Å²) in [5, 5.41) is 1.77. The molecule has 3 aliphatic heterocycles. The second kappa shape index (κ2) is 7.92. The van der Waals surface area contributed by atoms with Crippen LogP contribution in [0.4, 0.5) is 0 Å². The van der Waals surface area contributed by atoms with Crippen LogP contribution in [0.3, 0.4) is 0 Å². The molecule has 3 fully saturated rings. The number of amides is 1. The molecular formula is C18H27N3O5S3. The lowest BCUT2D eigenvalue weighted by molar-refractivity contribution is -0.131. The topological polar surface area (TPSA) is 95.1 Å². The number of sulfone groups is 1. The van der Waals surface area contributed by atoms with Crippen LogP contribution in [0, 0.1) is 5.41 Å². The molecule has 0 atom stereocenters. The van der Waals surface area contributed by atoms with E-state index in [1.807, 2.05) is 9.80 Å². The number of thiophene rings is 1. The molecule has 4 heterocycles. The quantitative estimate of drug-likeness (QED) is 0.647. The van der Waals surface area contributed by atoms with Crippen LogP contribution in [0.2, 0.25) is 0 Å². The third-order valence-corrected chi connectivity index (χ3v) is 11.3. The number of hydrogen-bond donors (Lipinski definition) is 0. The Morgan fingerprint density at radius 2 is 1.72 bits per heavy atom. The summed E-state index contributed by atoms with van der Waals surface area (Å²) in [6.45, 7) is 3.46. The van der Waals surface area contributed by atoms with E-state index >= 15 is 0 Å². The largest absolute Gasteiger partial charge is 0.341 e. The lowest BCUT2D eigenvalue weighted by Gasteiger charge is -2.38.